The molecule has 3 N–H and O–H groups in total. The molecule has 3 aromatic carbocycles. The highest BCUT2D eigenvalue weighted by molar-refractivity contribution is 5.92. The van der Waals surface area contributed by atoms with E-state index in [2.05, 4.69) is 5.32 Å². The maximum Gasteiger partial charge on any atom is 0.408 e. The second kappa shape index (κ2) is 12.6. The number of carbonyl (C=O) groups excluding carboxylic acids is 3. The van der Waals surface area contributed by atoms with Crippen molar-refractivity contribution in [2.75, 3.05) is 6.54 Å². The highest BCUT2D eigenvalue weighted by Crippen LogP contribution is 2.42. The average Bonchev–Trinajstić information content (AvgIpc) is 3.36. The molecule has 4 rings (SSSR count). The fourth-order valence-corrected chi connectivity index (χ4v) is 5.39. The van der Waals surface area contributed by atoms with Gasteiger partial charge in [-0.15, -0.1) is 0 Å². The Hall–Kier alpha value is -4.17. The fourth-order valence-electron chi connectivity index (χ4n) is 5.39. The van der Waals surface area contributed by atoms with Crippen LogP contribution < -0.4 is 11.1 Å². The van der Waals surface area contributed by atoms with E-state index in [1.54, 1.807) is 20.8 Å². The number of primary amides is 1. The summed E-state index contributed by atoms with van der Waals surface area (Å²) in [4.78, 5) is 41.4. The summed E-state index contributed by atoms with van der Waals surface area (Å²) in [6.45, 7) is 11.2. The van der Waals surface area contributed by atoms with Crippen molar-refractivity contribution in [2.24, 2.45) is 11.1 Å². The van der Waals surface area contributed by atoms with E-state index < -0.39 is 46.6 Å². The molecule has 43 heavy (non-hydrogen) atoms. The first-order chi connectivity index (χ1) is 20.2. The van der Waals surface area contributed by atoms with Crippen LogP contribution >= 0.6 is 0 Å². The first kappa shape index (κ1) is 31.8. The van der Waals surface area contributed by atoms with Gasteiger partial charge in [0.15, 0.2) is 0 Å². The number of carbonyl (C=O) groups is 3. The van der Waals surface area contributed by atoms with E-state index in [0.717, 1.165) is 22.3 Å². The number of nitrogens with two attached hydrogens (primary N) is 1. The van der Waals surface area contributed by atoms with Gasteiger partial charge in [0.05, 0.1) is 13.2 Å². The van der Waals surface area contributed by atoms with Crippen molar-refractivity contribution in [3.05, 3.63) is 96.1 Å². The number of amides is 3. The molecule has 8 nitrogen and oxygen atoms in total. The predicted octanol–water partition coefficient (Wildman–Crippen LogP) is 5.79. The summed E-state index contributed by atoms with van der Waals surface area (Å²) >= 11 is 0. The lowest BCUT2D eigenvalue weighted by Crippen LogP contribution is -2.58. The molecule has 1 saturated heterocycles. The number of alkyl carbamates (subject to hydrolysis) is 1. The van der Waals surface area contributed by atoms with Crippen LogP contribution in [0.1, 0.15) is 59.1 Å². The molecule has 3 aromatic rings. The lowest BCUT2D eigenvalue weighted by Gasteiger charge is -2.36. The number of hydrogen-bond acceptors (Lipinski definition) is 5. The van der Waals surface area contributed by atoms with Crippen molar-refractivity contribution in [3.8, 4) is 11.1 Å². The highest BCUT2D eigenvalue weighted by Gasteiger charge is 2.52. The van der Waals surface area contributed by atoms with E-state index in [0.29, 0.717) is 0 Å². The molecule has 0 saturated carbocycles. The molecule has 0 unspecified atom stereocenters. The third-order valence-corrected chi connectivity index (χ3v) is 7.59. The summed E-state index contributed by atoms with van der Waals surface area (Å²) in [7, 11) is 0. The first-order valence-corrected chi connectivity index (χ1v) is 14.6. The Kier molecular flexibility index (Phi) is 9.30. The molecule has 0 aliphatic carbocycles. The molecule has 0 radical (unpaired) electrons. The van der Waals surface area contributed by atoms with Gasteiger partial charge < -0.3 is 25.4 Å². The van der Waals surface area contributed by atoms with Crippen LogP contribution in [0, 0.1) is 5.41 Å². The Morgan fingerprint density at radius 2 is 1.44 bits per heavy atom. The molecular weight excluding hydrogens is 542 g/mol. The molecule has 1 fully saturated rings. The summed E-state index contributed by atoms with van der Waals surface area (Å²) < 4.78 is 12.1. The largest absolute Gasteiger partial charge is 0.444 e. The third kappa shape index (κ3) is 7.82. The van der Waals surface area contributed by atoms with Crippen LogP contribution in [0.25, 0.3) is 11.1 Å². The smallest absolute Gasteiger partial charge is 0.408 e. The van der Waals surface area contributed by atoms with Gasteiger partial charge in [0, 0.05) is 6.42 Å². The Balaban J connectivity index is 1.71. The third-order valence-electron chi connectivity index (χ3n) is 7.59. The van der Waals surface area contributed by atoms with Crippen LogP contribution in [-0.2, 0) is 31.3 Å². The van der Waals surface area contributed by atoms with Crippen LogP contribution in [0.5, 0.6) is 0 Å². The molecule has 1 aliphatic rings. The number of rotatable bonds is 8. The zero-order chi connectivity index (χ0) is 31.4. The normalized spacial score (nSPS) is 19.5. The quantitative estimate of drug-likeness (QED) is 0.348. The van der Waals surface area contributed by atoms with Crippen molar-refractivity contribution in [2.45, 2.75) is 77.9 Å². The summed E-state index contributed by atoms with van der Waals surface area (Å²) in [5.74, 6) is -1.06. The van der Waals surface area contributed by atoms with Gasteiger partial charge in [-0.1, -0.05) is 106 Å². The van der Waals surface area contributed by atoms with Crippen LogP contribution in [0.2, 0.25) is 0 Å². The first-order valence-electron chi connectivity index (χ1n) is 14.6. The average molecular weight is 586 g/mol. The molecule has 0 bridgehead atoms. The Labute approximate surface area is 254 Å². The fraction of sp³-hybridized carbons (Fsp3) is 0.400. The zero-order valence-electron chi connectivity index (χ0n) is 25.9. The molecule has 1 aliphatic heterocycles. The second-order valence-electron chi connectivity index (χ2n) is 13.2. The van der Waals surface area contributed by atoms with Crippen LogP contribution in [0.15, 0.2) is 84.9 Å². The van der Waals surface area contributed by atoms with Gasteiger partial charge >= 0.3 is 6.09 Å². The Morgan fingerprint density at radius 3 is 1.98 bits per heavy atom. The zero-order valence-corrected chi connectivity index (χ0v) is 25.9. The lowest BCUT2D eigenvalue weighted by molar-refractivity contribution is -0.142. The van der Waals surface area contributed by atoms with E-state index in [1.165, 1.54) is 4.90 Å². The monoisotopic (exact) mass is 585 g/mol. The minimum absolute atomic E-state index is 0.0829. The van der Waals surface area contributed by atoms with Gasteiger partial charge in [-0.25, -0.2) is 4.79 Å². The molecule has 0 aromatic heterocycles. The summed E-state index contributed by atoms with van der Waals surface area (Å²) in [6, 6.07) is 25.9. The Morgan fingerprint density at radius 1 is 0.884 bits per heavy atom. The molecule has 228 valence electrons. The minimum atomic E-state index is -1.02. The topological polar surface area (TPSA) is 111 Å². The van der Waals surface area contributed by atoms with Crippen molar-refractivity contribution < 1.29 is 23.9 Å². The molecule has 3 amide bonds. The lowest BCUT2D eigenvalue weighted by atomic mass is 9.85. The van der Waals surface area contributed by atoms with Gasteiger partial charge in [-0.05, 0) is 48.4 Å². The molecular formula is C35H43N3O5. The van der Waals surface area contributed by atoms with Gasteiger partial charge in [0.1, 0.15) is 23.3 Å². The number of likely N-dealkylation sites (tertiary alicyclic amines) is 1. The summed E-state index contributed by atoms with van der Waals surface area (Å²) in [6.07, 6.45) is -0.534. The number of nitrogens with zero attached hydrogens (tertiary/aromatic N) is 1. The van der Waals surface area contributed by atoms with Crippen molar-refractivity contribution in [1.82, 2.24) is 10.2 Å². The van der Waals surface area contributed by atoms with E-state index in [4.69, 9.17) is 15.2 Å². The SMILES string of the molecule is CC(C)(C)OC(=O)N[C@H](C(=O)N1C[C@](OCc2ccccc2)(c2ccc(-c3ccccc3)cc2)C[C@@H]1C(N)=O)C(C)(C)C. The predicted molar refractivity (Wildman–Crippen MR) is 167 cm³/mol. The van der Waals surface area contributed by atoms with Crippen LogP contribution in [0.3, 0.4) is 0 Å². The molecule has 3 atom stereocenters. The van der Waals surface area contributed by atoms with Crippen molar-refractivity contribution >= 4 is 17.9 Å². The van der Waals surface area contributed by atoms with E-state index in [1.807, 2.05) is 106 Å². The van der Waals surface area contributed by atoms with Gasteiger partial charge in [0.2, 0.25) is 11.8 Å². The number of ether oxygens (including phenoxy) is 2. The minimum Gasteiger partial charge on any atom is -0.444 e. The van der Waals surface area contributed by atoms with Crippen LogP contribution in [0.4, 0.5) is 4.79 Å². The maximum absolute atomic E-state index is 14.2. The maximum atomic E-state index is 14.2. The molecule has 8 heteroatoms. The number of nitrogens with one attached hydrogen (secondary N) is 1. The molecule has 1 heterocycles. The Bertz CT molecular complexity index is 1410. The van der Waals surface area contributed by atoms with Crippen LogP contribution in [-0.4, -0.2) is 47.0 Å². The van der Waals surface area contributed by atoms with Crippen molar-refractivity contribution in [3.63, 3.8) is 0 Å². The number of benzene rings is 3. The number of hydrogen-bond donors (Lipinski definition) is 2. The van der Waals surface area contributed by atoms with E-state index in [-0.39, 0.29) is 19.6 Å². The van der Waals surface area contributed by atoms with Gasteiger partial charge in [-0.3, -0.25) is 9.59 Å². The van der Waals surface area contributed by atoms with Crippen molar-refractivity contribution in [1.29, 1.82) is 0 Å². The summed E-state index contributed by atoms with van der Waals surface area (Å²) in [5, 5.41) is 2.75. The van der Waals surface area contributed by atoms with E-state index >= 15 is 0 Å². The second-order valence-corrected chi connectivity index (χ2v) is 13.2. The van der Waals surface area contributed by atoms with Gasteiger partial charge in [-0.2, -0.15) is 0 Å². The standard InChI is InChI=1S/C35H43N3O5/c1-33(2,3)29(37-32(41)43-34(4,5)6)31(40)38-23-35(21-28(38)30(36)39,42-22-24-13-9-7-10-14-24)27-19-17-26(18-20-27)25-15-11-8-12-16-25/h7-20,28-29H,21-23H2,1-6H3,(H2,36,39)(H,37,41)/t28-,29-,35+/m1/s1. The molecule has 0 spiro atoms. The van der Waals surface area contributed by atoms with Gasteiger partial charge in [0.25, 0.3) is 0 Å². The highest BCUT2D eigenvalue weighted by atomic mass is 16.6. The van der Waals surface area contributed by atoms with E-state index in [9.17, 15) is 14.4 Å². The summed E-state index contributed by atoms with van der Waals surface area (Å²) in [5.41, 5.74) is 7.38.